The zero-order valence-electron chi connectivity index (χ0n) is 39.6. The van der Waals surface area contributed by atoms with E-state index < -0.39 is 5.41 Å². The van der Waals surface area contributed by atoms with E-state index in [1.54, 1.807) is 0 Å². The minimum absolute atomic E-state index is 0.0983. The van der Waals surface area contributed by atoms with E-state index in [1.807, 2.05) is 18.2 Å². The Kier molecular flexibility index (Phi) is 8.69. The summed E-state index contributed by atoms with van der Waals surface area (Å²) >= 11 is 6.92. The van der Waals surface area contributed by atoms with E-state index >= 15 is 0 Å². The van der Waals surface area contributed by atoms with Crippen LogP contribution >= 0.6 is 11.6 Å². The van der Waals surface area contributed by atoms with Gasteiger partial charge in [0.05, 0.1) is 5.41 Å². The Morgan fingerprint density at radius 3 is 1.79 bits per heavy atom. The van der Waals surface area contributed by atoms with Crippen molar-refractivity contribution in [1.29, 1.82) is 0 Å². The molecule has 2 heterocycles. The fraction of sp³-hybridized carbons (Fsp3) is 0.0588. The van der Waals surface area contributed by atoms with Crippen molar-refractivity contribution in [2.24, 2.45) is 0 Å². The number of ether oxygens (including phenoxy) is 1. The van der Waals surface area contributed by atoms with Gasteiger partial charge >= 0.3 is 0 Å². The van der Waals surface area contributed by atoms with Crippen molar-refractivity contribution in [3.8, 4) is 56.0 Å². The molecule has 4 heteroatoms. The number of para-hydroxylation sites is 1. The van der Waals surface area contributed by atoms with Crippen molar-refractivity contribution in [1.82, 2.24) is 0 Å². The van der Waals surface area contributed by atoms with Crippen molar-refractivity contribution in [2.75, 3.05) is 4.90 Å². The van der Waals surface area contributed by atoms with E-state index in [1.165, 1.54) is 60.8 Å². The molecule has 0 unspecified atom stereocenters. The quantitative estimate of drug-likeness (QED) is 0.172. The molecule has 0 fully saturated rings. The molecule has 0 atom stereocenters. The molecule has 1 spiro atoms. The van der Waals surface area contributed by atoms with Crippen molar-refractivity contribution in [2.45, 2.75) is 24.7 Å². The van der Waals surface area contributed by atoms with Crippen molar-refractivity contribution in [3.63, 3.8) is 0 Å². The topological polar surface area (TPSA) is 25.6 Å². The summed E-state index contributed by atoms with van der Waals surface area (Å²) in [7, 11) is 0. The van der Waals surface area contributed by atoms with Gasteiger partial charge in [-0.05, 0) is 133 Å². The van der Waals surface area contributed by atoms with Crippen molar-refractivity contribution >= 4 is 61.4 Å². The molecule has 3 nitrogen and oxygen atoms in total. The molecule has 15 rings (SSSR count). The average Bonchev–Trinajstić information content (AvgIpc) is 4.03. The zero-order valence-corrected chi connectivity index (χ0v) is 40.3. The number of hydrogen-bond donors (Lipinski definition) is 0. The van der Waals surface area contributed by atoms with Gasteiger partial charge in [-0.15, -0.1) is 0 Å². The summed E-state index contributed by atoms with van der Waals surface area (Å²) in [6.45, 7) is 4.69. The Morgan fingerprint density at radius 1 is 0.375 bits per heavy atom. The van der Waals surface area contributed by atoms with Crippen molar-refractivity contribution < 1.29 is 9.15 Å². The largest absolute Gasteiger partial charge is 0.457 e. The average molecular weight is 943 g/mol. The number of hydrogen-bond acceptors (Lipinski definition) is 3. The molecule has 2 aliphatic carbocycles. The molecule has 1 aromatic heterocycles. The standard InChI is InChI=1S/C68H44ClNO2/c1-67(2)57-22-9-5-17-50(57)53-33-28-43(36-61(53)67)41-26-30-45(31-27-41)70(47-38-55(49-21-13-15-42-14-3-4-16-48(42)49)66-56(39-47)54-20-8-12-25-63(54)72-66)46-32-34-60-65(40-46)71-64-35-29-44(69)37-62(64)68(60)58-23-10-6-18-51(58)52-19-7-11-24-59(52)68/h3-40H,1-2H3. The van der Waals surface area contributed by atoms with Crippen molar-refractivity contribution in [3.05, 3.63) is 269 Å². The summed E-state index contributed by atoms with van der Waals surface area (Å²) in [5.41, 5.74) is 20.8. The third-order valence-corrected chi connectivity index (χ3v) is 16.2. The third kappa shape index (κ3) is 5.74. The number of fused-ring (bicyclic) bond motifs is 16. The lowest BCUT2D eigenvalue weighted by atomic mass is 9.66. The number of nitrogens with zero attached hydrogens (tertiary/aromatic N) is 1. The fourth-order valence-electron chi connectivity index (χ4n) is 12.7. The lowest BCUT2D eigenvalue weighted by Gasteiger charge is -2.40. The maximum absolute atomic E-state index is 7.12. The Morgan fingerprint density at radius 2 is 1.00 bits per heavy atom. The van der Waals surface area contributed by atoms with Crippen LogP contribution in [0.3, 0.4) is 0 Å². The highest BCUT2D eigenvalue weighted by Crippen LogP contribution is 2.63. The first kappa shape index (κ1) is 41.2. The highest BCUT2D eigenvalue weighted by Gasteiger charge is 2.51. The number of rotatable bonds is 5. The predicted molar refractivity (Wildman–Crippen MR) is 297 cm³/mol. The number of furan rings is 1. The number of anilines is 3. The summed E-state index contributed by atoms with van der Waals surface area (Å²) in [6, 6.07) is 83.5. The second-order valence-corrected chi connectivity index (χ2v) is 20.5. The lowest BCUT2D eigenvalue weighted by molar-refractivity contribution is 0.436. The van der Waals surface area contributed by atoms with Crippen LogP contribution in [0.1, 0.15) is 47.2 Å². The molecular formula is C68H44ClNO2. The number of benzene rings is 11. The first-order valence-corrected chi connectivity index (χ1v) is 25.1. The first-order valence-electron chi connectivity index (χ1n) is 24.7. The SMILES string of the molecule is CC1(C)c2ccccc2-c2ccc(-c3ccc(N(c4ccc5c(c4)Oc4ccc(Cl)cc4C54c5ccccc5-c5ccccc54)c4cc(-c5cccc6ccccc56)c5oc6ccccc6c5c4)cc3)cc21. The van der Waals surface area contributed by atoms with Gasteiger partial charge in [0.25, 0.3) is 0 Å². The molecule has 0 N–H and O–H groups in total. The monoisotopic (exact) mass is 941 g/mol. The van der Waals surface area contributed by atoms with Gasteiger partial charge in [0, 0.05) is 61.0 Å². The predicted octanol–water partition coefficient (Wildman–Crippen LogP) is 19.0. The Labute approximate surface area is 422 Å². The van der Waals surface area contributed by atoms with E-state index in [0.29, 0.717) is 5.02 Å². The van der Waals surface area contributed by atoms with Gasteiger partial charge in [-0.25, -0.2) is 0 Å². The van der Waals surface area contributed by atoms with Crippen LogP contribution in [0, 0.1) is 0 Å². The second kappa shape index (κ2) is 15.2. The highest BCUT2D eigenvalue weighted by atomic mass is 35.5. The van der Waals surface area contributed by atoms with Crippen LogP contribution in [0.2, 0.25) is 5.02 Å². The van der Waals surface area contributed by atoms with Crippen LogP contribution in [-0.4, -0.2) is 0 Å². The maximum Gasteiger partial charge on any atom is 0.143 e. The summed E-state index contributed by atoms with van der Waals surface area (Å²) in [6.07, 6.45) is 0. The van der Waals surface area contributed by atoms with E-state index in [2.05, 4.69) is 231 Å². The Hall–Kier alpha value is -8.63. The normalized spacial score (nSPS) is 14.1. The Bertz CT molecular complexity index is 4200. The molecular weight excluding hydrogens is 898 g/mol. The molecule has 0 amide bonds. The van der Waals surface area contributed by atoms with Crippen LogP contribution in [0.25, 0.3) is 77.2 Å². The van der Waals surface area contributed by atoms with Gasteiger partial charge in [0.2, 0.25) is 0 Å². The second-order valence-electron chi connectivity index (χ2n) is 20.1. The fourth-order valence-corrected chi connectivity index (χ4v) is 12.9. The van der Waals surface area contributed by atoms with Gasteiger partial charge in [-0.1, -0.05) is 189 Å². The smallest absolute Gasteiger partial charge is 0.143 e. The van der Waals surface area contributed by atoms with E-state index in [4.69, 9.17) is 20.8 Å². The number of halogens is 1. The summed E-state index contributed by atoms with van der Waals surface area (Å²) in [5.74, 6) is 1.58. The first-order chi connectivity index (χ1) is 35.3. The molecule has 72 heavy (non-hydrogen) atoms. The van der Waals surface area contributed by atoms with E-state index in [-0.39, 0.29) is 5.41 Å². The summed E-state index contributed by atoms with van der Waals surface area (Å²) in [5, 5.41) is 5.13. The van der Waals surface area contributed by atoms with Gasteiger partial charge in [-0.2, -0.15) is 0 Å². The molecule has 1 aliphatic heterocycles. The van der Waals surface area contributed by atoms with Crippen LogP contribution < -0.4 is 9.64 Å². The Balaban J connectivity index is 0.958. The summed E-state index contributed by atoms with van der Waals surface area (Å²) < 4.78 is 14.0. The molecule has 0 bridgehead atoms. The lowest BCUT2D eigenvalue weighted by Crippen LogP contribution is -2.32. The van der Waals surface area contributed by atoms with Gasteiger partial charge < -0.3 is 14.1 Å². The van der Waals surface area contributed by atoms with Gasteiger partial charge in [-0.3, -0.25) is 0 Å². The summed E-state index contributed by atoms with van der Waals surface area (Å²) in [4.78, 5) is 2.38. The van der Waals surface area contributed by atoms with Crippen LogP contribution in [-0.2, 0) is 10.8 Å². The third-order valence-electron chi connectivity index (χ3n) is 16.0. The molecule has 0 saturated heterocycles. The van der Waals surface area contributed by atoms with Crippen LogP contribution in [0.5, 0.6) is 11.5 Å². The molecule has 0 saturated carbocycles. The molecule has 12 aromatic rings. The van der Waals surface area contributed by atoms with Crippen LogP contribution in [0.4, 0.5) is 17.1 Å². The van der Waals surface area contributed by atoms with Gasteiger partial charge in [0.15, 0.2) is 0 Å². The van der Waals surface area contributed by atoms with Gasteiger partial charge in [0.1, 0.15) is 22.7 Å². The van der Waals surface area contributed by atoms with E-state index in [9.17, 15) is 0 Å². The zero-order chi connectivity index (χ0) is 47.9. The highest BCUT2D eigenvalue weighted by molar-refractivity contribution is 6.30. The van der Waals surface area contributed by atoms with Crippen LogP contribution in [0.15, 0.2) is 235 Å². The molecule has 340 valence electrons. The molecule has 3 aliphatic rings. The van der Waals surface area contributed by atoms with E-state index in [0.717, 1.165) is 78.3 Å². The minimum atomic E-state index is -0.659. The maximum atomic E-state index is 7.12. The molecule has 11 aromatic carbocycles. The minimum Gasteiger partial charge on any atom is -0.457 e. The molecule has 0 radical (unpaired) electrons.